The van der Waals surface area contributed by atoms with Crippen LogP contribution in [0.3, 0.4) is 0 Å². The van der Waals surface area contributed by atoms with Crippen molar-refractivity contribution in [1.82, 2.24) is 10.2 Å². The van der Waals surface area contributed by atoms with E-state index in [9.17, 15) is 0 Å². The lowest BCUT2D eigenvalue weighted by Gasteiger charge is -2.20. The van der Waals surface area contributed by atoms with Gasteiger partial charge in [0.05, 0.1) is 7.11 Å². The predicted molar refractivity (Wildman–Crippen MR) is 75.1 cm³/mol. The minimum absolute atomic E-state index is 0.337. The molecule has 1 saturated heterocycles. The Hall–Kier alpha value is -1.06. The molecule has 18 heavy (non-hydrogen) atoms. The lowest BCUT2D eigenvalue weighted by Crippen LogP contribution is -2.31. The molecule has 0 aromatic heterocycles. The van der Waals surface area contributed by atoms with E-state index >= 15 is 0 Å². The van der Waals surface area contributed by atoms with Crippen molar-refractivity contribution in [3.05, 3.63) is 29.8 Å². The van der Waals surface area contributed by atoms with Gasteiger partial charge in [0, 0.05) is 24.7 Å². The monoisotopic (exact) mass is 248 g/mol. The number of hydrogen-bond acceptors (Lipinski definition) is 3. The molecule has 1 fully saturated rings. The van der Waals surface area contributed by atoms with Gasteiger partial charge in [-0.2, -0.15) is 0 Å². The Bertz CT molecular complexity index is 361. The van der Waals surface area contributed by atoms with Crippen LogP contribution < -0.4 is 10.1 Å². The summed E-state index contributed by atoms with van der Waals surface area (Å²) in [6.45, 7) is 6.93. The Morgan fingerprint density at radius 1 is 1.28 bits per heavy atom. The molecule has 1 heterocycles. The Morgan fingerprint density at radius 2 is 2.00 bits per heavy atom. The van der Waals surface area contributed by atoms with Crippen LogP contribution in [0.25, 0.3) is 0 Å². The third kappa shape index (κ3) is 3.47. The predicted octanol–water partition coefficient (Wildman–Crippen LogP) is 2.44. The molecular formula is C15H24N2O. The Labute approximate surface area is 110 Å². The first-order valence-electron chi connectivity index (χ1n) is 6.90. The third-order valence-corrected chi connectivity index (χ3v) is 3.68. The van der Waals surface area contributed by atoms with Crippen molar-refractivity contribution in [2.45, 2.75) is 25.8 Å². The largest absolute Gasteiger partial charge is 0.496 e. The number of para-hydroxylation sites is 1. The number of likely N-dealkylation sites (tertiary alicyclic amines) is 1. The van der Waals surface area contributed by atoms with Crippen LogP contribution in [-0.4, -0.2) is 38.2 Å². The minimum Gasteiger partial charge on any atom is -0.496 e. The molecule has 1 aromatic carbocycles. The average molecular weight is 248 g/mol. The SMILES string of the molecule is COc1ccccc1[C@H](C)NCCN1CCCC1. The Balaban J connectivity index is 1.81. The van der Waals surface area contributed by atoms with Gasteiger partial charge in [0.25, 0.3) is 0 Å². The summed E-state index contributed by atoms with van der Waals surface area (Å²) in [6, 6.07) is 8.57. The van der Waals surface area contributed by atoms with Gasteiger partial charge in [-0.1, -0.05) is 18.2 Å². The number of methoxy groups -OCH3 is 1. The van der Waals surface area contributed by atoms with Gasteiger partial charge in [0.2, 0.25) is 0 Å². The molecule has 0 aliphatic carbocycles. The van der Waals surface area contributed by atoms with E-state index < -0.39 is 0 Å². The first kappa shape index (κ1) is 13.4. The fraction of sp³-hybridized carbons (Fsp3) is 0.600. The van der Waals surface area contributed by atoms with Crippen LogP contribution >= 0.6 is 0 Å². The molecule has 0 radical (unpaired) electrons. The standard InChI is InChI=1S/C15H24N2O/c1-13(14-7-3-4-8-15(14)18-2)16-9-12-17-10-5-6-11-17/h3-4,7-8,13,16H,5-6,9-12H2,1-2H3/t13-/m0/s1. The van der Waals surface area contributed by atoms with Crippen molar-refractivity contribution in [2.24, 2.45) is 0 Å². The second-order valence-electron chi connectivity index (χ2n) is 4.97. The summed E-state index contributed by atoms with van der Waals surface area (Å²) in [4.78, 5) is 2.53. The quantitative estimate of drug-likeness (QED) is 0.837. The summed E-state index contributed by atoms with van der Waals surface area (Å²) in [6.07, 6.45) is 2.73. The van der Waals surface area contributed by atoms with Gasteiger partial charge >= 0.3 is 0 Å². The maximum Gasteiger partial charge on any atom is 0.123 e. The Morgan fingerprint density at radius 3 is 2.72 bits per heavy atom. The van der Waals surface area contributed by atoms with Gasteiger partial charge in [-0.3, -0.25) is 0 Å². The van der Waals surface area contributed by atoms with Crippen molar-refractivity contribution in [3.63, 3.8) is 0 Å². The normalized spacial score (nSPS) is 17.9. The van der Waals surface area contributed by atoms with Gasteiger partial charge < -0.3 is 15.0 Å². The zero-order valence-corrected chi connectivity index (χ0v) is 11.5. The second kappa shape index (κ2) is 6.76. The fourth-order valence-electron chi connectivity index (χ4n) is 2.58. The first-order chi connectivity index (χ1) is 8.81. The third-order valence-electron chi connectivity index (χ3n) is 3.68. The minimum atomic E-state index is 0.337. The average Bonchev–Trinajstić information content (AvgIpc) is 2.91. The summed E-state index contributed by atoms with van der Waals surface area (Å²) in [5.41, 5.74) is 1.24. The van der Waals surface area contributed by atoms with Crippen molar-refractivity contribution < 1.29 is 4.74 Å². The molecule has 1 atom stereocenters. The molecule has 100 valence electrons. The molecule has 0 unspecified atom stereocenters. The number of ether oxygens (including phenoxy) is 1. The van der Waals surface area contributed by atoms with Crippen LogP contribution in [0.1, 0.15) is 31.4 Å². The van der Waals surface area contributed by atoms with Gasteiger partial charge in [0.1, 0.15) is 5.75 Å². The van der Waals surface area contributed by atoms with E-state index in [0.717, 1.165) is 18.8 Å². The molecule has 0 saturated carbocycles. The summed E-state index contributed by atoms with van der Waals surface area (Å²) in [5.74, 6) is 0.971. The molecule has 1 aliphatic rings. The first-order valence-corrected chi connectivity index (χ1v) is 6.90. The van der Waals surface area contributed by atoms with Crippen LogP contribution in [0.5, 0.6) is 5.75 Å². The van der Waals surface area contributed by atoms with Gasteiger partial charge in [0.15, 0.2) is 0 Å². The number of nitrogens with one attached hydrogen (secondary N) is 1. The highest BCUT2D eigenvalue weighted by Gasteiger charge is 2.13. The number of benzene rings is 1. The maximum absolute atomic E-state index is 5.40. The van der Waals surface area contributed by atoms with Gasteiger partial charge in [-0.25, -0.2) is 0 Å². The molecule has 0 spiro atoms. The second-order valence-corrected chi connectivity index (χ2v) is 4.97. The van der Waals surface area contributed by atoms with Crippen LogP contribution in [0.2, 0.25) is 0 Å². The van der Waals surface area contributed by atoms with Crippen LogP contribution in [-0.2, 0) is 0 Å². The van der Waals surface area contributed by atoms with E-state index in [0.29, 0.717) is 6.04 Å². The molecule has 2 rings (SSSR count). The number of nitrogens with zero attached hydrogens (tertiary/aromatic N) is 1. The lowest BCUT2D eigenvalue weighted by atomic mass is 10.1. The highest BCUT2D eigenvalue weighted by Crippen LogP contribution is 2.24. The highest BCUT2D eigenvalue weighted by atomic mass is 16.5. The van der Waals surface area contributed by atoms with Crippen molar-refractivity contribution in [2.75, 3.05) is 33.3 Å². The zero-order chi connectivity index (χ0) is 12.8. The summed E-state index contributed by atoms with van der Waals surface area (Å²) in [5, 5.41) is 3.58. The van der Waals surface area contributed by atoms with Crippen molar-refractivity contribution >= 4 is 0 Å². The number of hydrogen-bond donors (Lipinski definition) is 1. The molecule has 0 amide bonds. The molecular weight excluding hydrogens is 224 g/mol. The molecule has 3 nitrogen and oxygen atoms in total. The highest BCUT2D eigenvalue weighted by molar-refractivity contribution is 5.35. The van der Waals surface area contributed by atoms with Gasteiger partial charge in [-0.05, 0) is 38.9 Å². The zero-order valence-electron chi connectivity index (χ0n) is 11.5. The van der Waals surface area contributed by atoms with E-state index in [-0.39, 0.29) is 0 Å². The van der Waals surface area contributed by atoms with Crippen LogP contribution in [0, 0.1) is 0 Å². The summed E-state index contributed by atoms with van der Waals surface area (Å²) >= 11 is 0. The van der Waals surface area contributed by atoms with E-state index in [2.05, 4.69) is 29.3 Å². The van der Waals surface area contributed by atoms with E-state index in [4.69, 9.17) is 4.74 Å². The number of rotatable bonds is 6. The molecule has 1 aliphatic heterocycles. The lowest BCUT2D eigenvalue weighted by molar-refractivity contribution is 0.328. The van der Waals surface area contributed by atoms with Crippen LogP contribution in [0.15, 0.2) is 24.3 Å². The smallest absolute Gasteiger partial charge is 0.123 e. The van der Waals surface area contributed by atoms with Gasteiger partial charge in [-0.15, -0.1) is 0 Å². The van der Waals surface area contributed by atoms with Crippen molar-refractivity contribution in [3.8, 4) is 5.75 Å². The van der Waals surface area contributed by atoms with Crippen molar-refractivity contribution in [1.29, 1.82) is 0 Å². The van der Waals surface area contributed by atoms with E-state index in [1.807, 2.05) is 12.1 Å². The van der Waals surface area contributed by atoms with Crippen LogP contribution in [0.4, 0.5) is 0 Å². The summed E-state index contributed by atoms with van der Waals surface area (Å²) < 4.78 is 5.40. The molecule has 1 aromatic rings. The molecule has 3 heteroatoms. The maximum atomic E-state index is 5.40. The molecule has 1 N–H and O–H groups in total. The van der Waals surface area contributed by atoms with E-state index in [1.54, 1.807) is 7.11 Å². The topological polar surface area (TPSA) is 24.5 Å². The fourth-order valence-corrected chi connectivity index (χ4v) is 2.58. The molecule has 0 bridgehead atoms. The van der Waals surface area contributed by atoms with E-state index in [1.165, 1.54) is 31.5 Å². The summed E-state index contributed by atoms with van der Waals surface area (Å²) in [7, 11) is 1.73. The Kier molecular flexibility index (Phi) is 5.02.